The molecule has 1 fully saturated rings. The van der Waals surface area contributed by atoms with Gasteiger partial charge in [-0.3, -0.25) is 0 Å². The Morgan fingerprint density at radius 3 is 2.05 bits per heavy atom. The quantitative estimate of drug-likeness (QED) is 0.421. The van der Waals surface area contributed by atoms with E-state index in [-0.39, 0.29) is 25.1 Å². The monoisotopic (exact) mass is 266 g/mol. The van der Waals surface area contributed by atoms with E-state index in [0.717, 1.165) is 25.7 Å². The van der Waals surface area contributed by atoms with E-state index in [1.165, 1.54) is 6.42 Å². The molecule has 0 spiro atoms. The molecule has 0 aliphatic heterocycles. The Bertz CT molecular complexity index is 364. The number of esters is 2. The van der Waals surface area contributed by atoms with Crippen LogP contribution in [0.5, 0.6) is 0 Å². The predicted molar refractivity (Wildman–Crippen MR) is 72.4 cm³/mol. The summed E-state index contributed by atoms with van der Waals surface area (Å²) in [4.78, 5) is 22.8. The molecular formula is C15H22O4. The molecule has 0 atom stereocenters. The van der Waals surface area contributed by atoms with E-state index in [1.54, 1.807) is 6.92 Å². The van der Waals surface area contributed by atoms with Crippen LogP contribution in [0.2, 0.25) is 0 Å². The third-order valence-electron chi connectivity index (χ3n) is 3.26. The summed E-state index contributed by atoms with van der Waals surface area (Å²) in [5, 5.41) is 0. The first kappa shape index (κ1) is 15.5. The van der Waals surface area contributed by atoms with Gasteiger partial charge in [0.05, 0.1) is 0 Å². The fourth-order valence-corrected chi connectivity index (χ4v) is 2.10. The fourth-order valence-electron chi connectivity index (χ4n) is 2.10. The van der Waals surface area contributed by atoms with Gasteiger partial charge in [-0.05, 0) is 25.7 Å². The lowest BCUT2D eigenvalue weighted by atomic mass is 9.84. The predicted octanol–water partition coefficient (Wildman–Crippen LogP) is 2.79. The Balaban J connectivity index is 2.21. The molecule has 19 heavy (non-hydrogen) atoms. The van der Waals surface area contributed by atoms with Crippen LogP contribution in [0.3, 0.4) is 0 Å². The van der Waals surface area contributed by atoms with Gasteiger partial charge in [-0.25, -0.2) is 9.59 Å². The van der Waals surface area contributed by atoms with Gasteiger partial charge in [-0.2, -0.15) is 0 Å². The van der Waals surface area contributed by atoms with Crippen molar-refractivity contribution in [2.24, 2.45) is 5.92 Å². The summed E-state index contributed by atoms with van der Waals surface area (Å²) in [6.45, 7) is 8.96. The van der Waals surface area contributed by atoms with E-state index in [4.69, 9.17) is 9.47 Å². The molecule has 106 valence electrons. The van der Waals surface area contributed by atoms with Gasteiger partial charge in [0.2, 0.25) is 0 Å². The van der Waals surface area contributed by atoms with E-state index in [9.17, 15) is 9.59 Å². The SMILES string of the molecule is C=C(C)C(=O)OCCOC(=O)C(=C)C1CCCCC1. The minimum Gasteiger partial charge on any atom is -0.459 e. The van der Waals surface area contributed by atoms with Crippen LogP contribution in [0.1, 0.15) is 39.0 Å². The van der Waals surface area contributed by atoms with Gasteiger partial charge in [0.15, 0.2) is 0 Å². The minimum absolute atomic E-state index is 0.0510. The average molecular weight is 266 g/mol. The van der Waals surface area contributed by atoms with Crippen LogP contribution < -0.4 is 0 Å². The Morgan fingerprint density at radius 2 is 1.53 bits per heavy atom. The van der Waals surface area contributed by atoms with E-state index in [1.807, 2.05) is 0 Å². The van der Waals surface area contributed by atoms with Gasteiger partial charge in [0, 0.05) is 11.1 Å². The lowest BCUT2D eigenvalue weighted by Gasteiger charge is -2.22. The zero-order valence-electron chi connectivity index (χ0n) is 11.6. The highest BCUT2D eigenvalue weighted by atomic mass is 16.6. The van der Waals surface area contributed by atoms with Crippen molar-refractivity contribution in [3.63, 3.8) is 0 Å². The molecule has 1 aliphatic rings. The summed E-state index contributed by atoms with van der Waals surface area (Å²) < 4.78 is 9.88. The normalized spacial score (nSPS) is 15.6. The van der Waals surface area contributed by atoms with Gasteiger partial charge >= 0.3 is 11.9 Å². The van der Waals surface area contributed by atoms with Crippen molar-refractivity contribution in [3.05, 3.63) is 24.3 Å². The summed E-state index contributed by atoms with van der Waals surface area (Å²) in [6, 6.07) is 0. The van der Waals surface area contributed by atoms with Crippen LogP contribution in [0.4, 0.5) is 0 Å². The molecule has 0 aromatic carbocycles. The maximum absolute atomic E-state index is 11.7. The second kappa shape index (κ2) is 7.77. The molecule has 1 aliphatic carbocycles. The van der Waals surface area contributed by atoms with Gasteiger partial charge in [-0.1, -0.05) is 32.4 Å². The molecule has 0 saturated heterocycles. The van der Waals surface area contributed by atoms with E-state index < -0.39 is 5.97 Å². The molecule has 0 aromatic heterocycles. The largest absolute Gasteiger partial charge is 0.459 e. The third kappa shape index (κ3) is 5.28. The molecule has 0 bridgehead atoms. The van der Waals surface area contributed by atoms with Crippen LogP contribution in [0.15, 0.2) is 24.3 Å². The summed E-state index contributed by atoms with van der Waals surface area (Å²) in [5.74, 6) is -0.598. The molecule has 1 rings (SSSR count). The Labute approximate surface area is 114 Å². The maximum atomic E-state index is 11.7. The van der Waals surface area contributed by atoms with Crippen LogP contribution in [-0.2, 0) is 19.1 Å². The molecule has 4 nitrogen and oxygen atoms in total. The van der Waals surface area contributed by atoms with Crippen molar-refractivity contribution < 1.29 is 19.1 Å². The van der Waals surface area contributed by atoms with Crippen molar-refractivity contribution in [2.75, 3.05) is 13.2 Å². The Morgan fingerprint density at radius 1 is 1.00 bits per heavy atom. The molecular weight excluding hydrogens is 244 g/mol. The van der Waals surface area contributed by atoms with Crippen molar-refractivity contribution in [1.29, 1.82) is 0 Å². The molecule has 0 N–H and O–H groups in total. The summed E-state index contributed by atoms with van der Waals surface area (Å²) >= 11 is 0. The number of hydrogen-bond donors (Lipinski definition) is 0. The molecule has 0 aromatic rings. The van der Waals surface area contributed by atoms with Crippen molar-refractivity contribution in [2.45, 2.75) is 39.0 Å². The number of carbonyl (C=O) groups excluding carboxylic acids is 2. The van der Waals surface area contributed by atoms with E-state index in [0.29, 0.717) is 11.1 Å². The summed E-state index contributed by atoms with van der Waals surface area (Å²) in [7, 11) is 0. The highest BCUT2D eigenvalue weighted by molar-refractivity contribution is 5.88. The van der Waals surface area contributed by atoms with Gasteiger partial charge in [0.25, 0.3) is 0 Å². The molecule has 1 saturated carbocycles. The lowest BCUT2D eigenvalue weighted by Crippen LogP contribution is -2.20. The first-order chi connectivity index (χ1) is 9.02. The van der Waals surface area contributed by atoms with Crippen LogP contribution >= 0.6 is 0 Å². The molecule has 4 heteroatoms. The minimum atomic E-state index is -0.470. The van der Waals surface area contributed by atoms with Crippen molar-refractivity contribution in [3.8, 4) is 0 Å². The molecule has 0 radical (unpaired) electrons. The van der Waals surface area contributed by atoms with Crippen molar-refractivity contribution in [1.82, 2.24) is 0 Å². The average Bonchev–Trinajstić information content (AvgIpc) is 2.43. The zero-order valence-corrected chi connectivity index (χ0v) is 11.6. The maximum Gasteiger partial charge on any atom is 0.333 e. The Hall–Kier alpha value is -1.58. The summed E-state index contributed by atoms with van der Waals surface area (Å²) in [5.41, 5.74) is 0.879. The topological polar surface area (TPSA) is 52.6 Å². The second-order valence-electron chi connectivity index (χ2n) is 4.91. The fraction of sp³-hybridized carbons (Fsp3) is 0.600. The number of ether oxygens (including phenoxy) is 2. The van der Waals surface area contributed by atoms with E-state index >= 15 is 0 Å². The number of hydrogen-bond acceptors (Lipinski definition) is 4. The van der Waals surface area contributed by atoms with Gasteiger partial charge in [-0.15, -0.1) is 0 Å². The summed E-state index contributed by atoms with van der Waals surface area (Å²) in [6.07, 6.45) is 5.55. The molecule has 0 heterocycles. The van der Waals surface area contributed by atoms with Crippen LogP contribution in [0, 0.1) is 5.92 Å². The third-order valence-corrected chi connectivity index (χ3v) is 3.26. The van der Waals surface area contributed by atoms with Gasteiger partial charge < -0.3 is 9.47 Å². The smallest absolute Gasteiger partial charge is 0.333 e. The Kier molecular flexibility index (Phi) is 6.33. The molecule has 0 unspecified atom stereocenters. The first-order valence-corrected chi connectivity index (χ1v) is 6.71. The van der Waals surface area contributed by atoms with Gasteiger partial charge in [0.1, 0.15) is 13.2 Å². The van der Waals surface area contributed by atoms with Crippen LogP contribution in [0.25, 0.3) is 0 Å². The zero-order chi connectivity index (χ0) is 14.3. The van der Waals surface area contributed by atoms with E-state index in [2.05, 4.69) is 13.2 Å². The molecule has 0 amide bonds. The highest BCUT2D eigenvalue weighted by Crippen LogP contribution is 2.29. The highest BCUT2D eigenvalue weighted by Gasteiger charge is 2.22. The van der Waals surface area contributed by atoms with Crippen molar-refractivity contribution >= 4 is 11.9 Å². The number of rotatable bonds is 6. The second-order valence-corrected chi connectivity index (χ2v) is 4.91. The first-order valence-electron chi connectivity index (χ1n) is 6.71. The lowest BCUT2D eigenvalue weighted by molar-refractivity contribution is -0.147. The standard InChI is InChI=1S/C15H22O4/c1-11(2)14(16)18-9-10-19-15(17)12(3)13-7-5-4-6-8-13/h13H,1,3-10H2,2H3. The van der Waals surface area contributed by atoms with Crippen LogP contribution in [-0.4, -0.2) is 25.2 Å². The number of carbonyl (C=O) groups is 2.